The Kier molecular flexibility index (Phi) is 5.29. The number of carbonyl (C=O) groups is 3. The molecule has 29 heavy (non-hydrogen) atoms. The van der Waals surface area contributed by atoms with Crippen LogP contribution in [0.4, 0.5) is 14.9 Å². The highest BCUT2D eigenvalue weighted by molar-refractivity contribution is 6.19. The zero-order valence-corrected chi connectivity index (χ0v) is 16.0. The van der Waals surface area contributed by atoms with E-state index in [0.717, 1.165) is 5.56 Å². The Balaban J connectivity index is 1.35. The van der Waals surface area contributed by atoms with Gasteiger partial charge in [-0.05, 0) is 42.7 Å². The van der Waals surface area contributed by atoms with Gasteiger partial charge in [-0.1, -0.05) is 30.3 Å². The lowest BCUT2D eigenvalue weighted by Gasteiger charge is -2.36. The Morgan fingerprint density at radius 1 is 0.966 bits per heavy atom. The molecule has 0 N–H and O–H groups in total. The lowest BCUT2D eigenvalue weighted by molar-refractivity contribution is -0.132. The van der Waals surface area contributed by atoms with Gasteiger partial charge in [0, 0.05) is 19.1 Å². The van der Waals surface area contributed by atoms with Crippen LogP contribution in [0, 0.1) is 5.82 Å². The van der Waals surface area contributed by atoms with Crippen LogP contribution in [0.5, 0.6) is 0 Å². The summed E-state index contributed by atoms with van der Waals surface area (Å²) in [5.74, 6) is -0.558. The van der Waals surface area contributed by atoms with E-state index in [0.29, 0.717) is 31.6 Å². The van der Waals surface area contributed by atoms with Crippen molar-refractivity contribution in [3.8, 4) is 0 Å². The Labute approximate surface area is 168 Å². The van der Waals surface area contributed by atoms with Crippen LogP contribution < -0.4 is 4.90 Å². The predicted octanol–water partition coefficient (Wildman–Crippen LogP) is 2.83. The quantitative estimate of drug-likeness (QED) is 0.748. The first-order chi connectivity index (χ1) is 14.0. The van der Waals surface area contributed by atoms with Crippen LogP contribution in [0.3, 0.4) is 0 Å². The number of carbonyl (C=O) groups excluding carboxylic acids is 3. The summed E-state index contributed by atoms with van der Waals surface area (Å²) in [5, 5.41) is 0. The first-order valence-corrected chi connectivity index (χ1v) is 9.74. The number of urea groups is 1. The number of hydrogen-bond donors (Lipinski definition) is 0. The summed E-state index contributed by atoms with van der Waals surface area (Å²) >= 11 is 0. The Bertz CT molecular complexity index is 909. The van der Waals surface area contributed by atoms with Gasteiger partial charge < -0.3 is 9.80 Å². The predicted molar refractivity (Wildman–Crippen MR) is 106 cm³/mol. The normalized spacial score (nSPS) is 17.9. The van der Waals surface area contributed by atoms with Crippen molar-refractivity contribution in [2.75, 3.05) is 24.5 Å². The lowest BCUT2D eigenvalue weighted by Crippen LogP contribution is -2.48. The monoisotopic (exact) mass is 395 g/mol. The van der Waals surface area contributed by atoms with Crippen LogP contribution in [0.15, 0.2) is 54.6 Å². The Morgan fingerprint density at radius 2 is 1.62 bits per heavy atom. The Morgan fingerprint density at radius 3 is 2.28 bits per heavy atom. The van der Waals surface area contributed by atoms with Gasteiger partial charge in [-0.3, -0.25) is 9.59 Å². The third-order valence-corrected chi connectivity index (χ3v) is 5.53. The molecule has 0 aromatic heterocycles. The molecular weight excluding hydrogens is 373 g/mol. The van der Waals surface area contributed by atoms with Crippen molar-refractivity contribution >= 4 is 23.5 Å². The van der Waals surface area contributed by atoms with Crippen molar-refractivity contribution in [3.05, 3.63) is 66.0 Å². The molecule has 2 heterocycles. The van der Waals surface area contributed by atoms with Gasteiger partial charge >= 0.3 is 6.03 Å². The Hall–Kier alpha value is -3.22. The molecule has 0 spiro atoms. The third kappa shape index (κ3) is 3.99. The average Bonchev–Trinajstić information content (AvgIpc) is 3.04. The van der Waals surface area contributed by atoms with E-state index in [-0.39, 0.29) is 42.7 Å². The van der Waals surface area contributed by atoms with Gasteiger partial charge in [0.05, 0.1) is 12.1 Å². The summed E-state index contributed by atoms with van der Waals surface area (Å²) in [7, 11) is 0. The standard InChI is InChI=1S/C22H22FN3O3/c23-17-8-6-16(7-9-17)14-20(27)24-12-10-18(11-13-24)25-15-21(28)26(22(25)29)19-4-2-1-3-5-19/h1-9,18H,10-15H2. The van der Waals surface area contributed by atoms with Gasteiger partial charge in [-0.15, -0.1) is 0 Å². The maximum Gasteiger partial charge on any atom is 0.332 e. The highest BCUT2D eigenvalue weighted by Crippen LogP contribution is 2.26. The number of para-hydroxylation sites is 1. The summed E-state index contributed by atoms with van der Waals surface area (Å²) in [6.45, 7) is 1.14. The molecule has 2 aromatic rings. The maximum atomic E-state index is 13.0. The summed E-state index contributed by atoms with van der Waals surface area (Å²) in [4.78, 5) is 42.4. The first kappa shape index (κ1) is 19.1. The largest absolute Gasteiger partial charge is 0.342 e. The number of hydrogen-bond acceptors (Lipinski definition) is 3. The molecule has 2 fully saturated rings. The fourth-order valence-electron chi connectivity index (χ4n) is 3.95. The minimum atomic E-state index is -0.323. The fraction of sp³-hybridized carbons (Fsp3) is 0.318. The van der Waals surface area contributed by atoms with Crippen molar-refractivity contribution in [2.45, 2.75) is 25.3 Å². The third-order valence-electron chi connectivity index (χ3n) is 5.53. The van der Waals surface area contributed by atoms with Gasteiger partial charge in [-0.2, -0.15) is 0 Å². The molecule has 0 saturated carbocycles. The zero-order valence-electron chi connectivity index (χ0n) is 16.0. The van der Waals surface area contributed by atoms with Crippen LogP contribution in [0.25, 0.3) is 0 Å². The highest BCUT2D eigenvalue weighted by Gasteiger charge is 2.41. The SMILES string of the molecule is O=C(Cc1ccc(F)cc1)N1CCC(N2CC(=O)N(c3ccccc3)C2=O)CC1. The van der Waals surface area contributed by atoms with Crippen molar-refractivity contribution in [2.24, 2.45) is 0 Å². The van der Waals surface area contributed by atoms with E-state index in [1.807, 2.05) is 6.07 Å². The summed E-state index contributed by atoms with van der Waals surface area (Å²) in [6, 6.07) is 14.5. The molecule has 2 saturated heterocycles. The number of likely N-dealkylation sites (tertiary alicyclic amines) is 1. The molecule has 6 nitrogen and oxygen atoms in total. The van der Waals surface area contributed by atoms with E-state index >= 15 is 0 Å². The van der Waals surface area contributed by atoms with Gasteiger partial charge in [0.15, 0.2) is 0 Å². The van der Waals surface area contributed by atoms with Crippen LogP contribution in [0.1, 0.15) is 18.4 Å². The second kappa shape index (κ2) is 8.03. The molecule has 4 rings (SSSR count). The molecular formula is C22H22FN3O3. The number of benzene rings is 2. The minimum Gasteiger partial charge on any atom is -0.342 e. The van der Waals surface area contributed by atoms with Crippen LogP contribution in [-0.4, -0.2) is 53.3 Å². The van der Waals surface area contributed by atoms with E-state index in [9.17, 15) is 18.8 Å². The molecule has 2 aliphatic rings. The number of anilines is 1. The van der Waals surface area contributed by atoms with E-state index in [4.69, 9.17) is 0 Å². The molecule has 150 valence electrons. The number of amides is 4. The summed E-state index contributed by atoms with van der Waals surface area (Å²) in [6.07, 6.45) is 1.50. The van der Waals surface area contributed by atoms with Gasteiger partial charge in [0.25, 0.3) is 5.91 Å². The molecule has 0 unspecified atom stereocenters. The minimum absolute atomic E-state index is 0.00945. The molecule has 0 aliphatic carbocycles. The second-order valence-corrected chi connectivity index (χ2v) is 7.39. The van der Waals surface area contributed by atoms with Crippen LogP contribution in [0.2, 0.25) is 0 Å². The molecule has 4 amide bonds. The number of rotatable bonds is 4. The maximum absolute atomic E-state index is 13.0. The zero-order chi connectivity index (χ0) is 20.4. The van der Waals surface area contributed by atoms with Crippen LogP contribution in [-0.2, 0) is 16.0 Å². The molecule has 7 heteroatoms. The number of piperidine rings is 1. The van der Waals surface area contributed by atoms with Gasteiger partial charge in [0.1, 0.15) is 12.4 Å². The molecule has 0 bridgehead atoms. The summed E-state index contributed by atoms with van der Waals surface area (Å²) < 4.78 is 13.0. The average molecular weight is 395 g/mol. The summed E-state index contributed by atoms with van der Waals surface area (Å²) in [5.41, 5.74) is 1.36. The van der Waals surface area contributed by atoms with Crippen molar-refractivity contribution in [1.82, 2.24) is 9.80 Å². The van der Waals surface area contributed by atoms with Gasteiger partial charge in [0.2, 0.25) is 5.91 Å². The smallest absolute Gasteiger partial charge is 0.332 e. The van der Waals surface area contributed by atoms with E-state index < -0.39 is 0 Å². The van der Waals surface area contributed by atoms with Gasteiger partial charge in [-0.25, -0.2) is 14.1 Å². The lowest BCUT2D eigenvalue weighted by atomic mass is 10.0. The second-order valence-electron chi connectivity index (χ2n) is 7.39. The number of nitrogens with zero attached hydrogens (tertiary/aromatic N) is 3. The van der Waals surface area contributed by atoms with E-state index in [1.54, 1.807) is 46.2 Å². The number of imide groups is 1. The first-order valence-electron chi connectivity index (χ1n) is 9.74. The molecule has 2 aliphatic heterocycles. The molecule has 0 radical (unpaired) electrons. The van der Waals surface area contributed by atoms with Crippen LogP contribution >= 0.6 is 0 Å². The van der Waals surface area contributed by atoms with Crippen molar-refractivity contribution in [3.63, 3.8) is 0 Å². The molecule has 0 atom stereocenters. The topological polar surface area (TPSA) is 60.9 Å². The van der Waals surface area contributed by atoms with Crippen molar-refractivity contribution in [1.29, 1.82) is 0 Å². The number of halogens is 1. The van der Waals surface area contributed by atoms with E-state index in [1.165, 1.54) is 17.0 Å². The highest BCUT2D eigenvalue weighted by atomic mass is 19.1. The van der Waals surface area contributed by atoms with E-state index in [2.05, 4.69) is 0 Å². The fourth-order valence-corrected chi connectivity index (χ4v) is 3.95. The van der Waals surface area contributed by atoms with Crippen molar-refractivity contribution < 1.29 is 18.8 Å². The molecule has 2 aromatic carbocycles.